The van der Waals surface area contributed by atoms with E-state index in [1.54, 1.807) is 0 Å². The summed E-state index contributed by atoms with van der Waals surface area (Å²) in [5.74, 6) is -5.72. The Balaban J connectivity index is 1.62. The minimum absolute atomic E-state index is 0.0183. The number of nitrogens with zero attached hydrogens (tertiary/aromatic N) is 2. The molecule has 4 aromatic rings. The molecule has 0 saturated carbocycles. The number of nitrogen functional groups attached to an aromatic ring is 1. The van der Waals surface area contributed by atoms with Gasteiger partial charge in [-0.25, -0.2) is 9.78 Å². The molecule has 0 spiro atoms. The van der Waals surface area contributed by atoms with Gasteiger partial charge < -0.3 is 73.7 Å². The number of carboxylic acids is 1. The second-order valence-corrected chi connectivity index (χ2v) is 17.9. The molecule has 2 heterocycles. The number of likely N-dealkylation sites (N-methyl/N-ethyl adjacent to an activating group) is 1. The number of halogens is 1. The third-order valence-corrected chi connectivity index (χ3v) is 11.6. The number of ether oxygens (including phenoxy) is 2. The van der Waals surface area contributed by atoms with Gasteiger partial charge >= 0.3 is 5.97 Å². The predicted octanol–water partition coefficient (Wildman–Crippen LogP) is 1.33. The normalized spacial score (nSPS) is 17.7. The van der Waals surface area contributed by atoms with Crippen LogP contribution in [0.5, 0.6) is 17.2 Å². The molecule has 0 aliphatic carbocycles. The Morgan fingerprint density at radius 3 is 2.12 bits per heavy atom. The van der Waals surface area contributed by atoms with Crippen molar-refractivity contribution in [2.24, 2.45) is 17.2 Å². The Bertz CT molecular complexity index is 2480. The molecule has 0 saturated heterocycles. The molecule has 21 heteroatoms. The van der Waals surface area contributed by atoms with Crippen molar-refractivity contribution in [3.63, 3.8) is 0 Å². The van der Waals surface area contributed by atoms with E-state index < -0.39 is 78.3 Å². The molecule has 1 aliphatic heterocycles. The third-order valence-electron chi connectivity index (χ3n) is 11.3. The number of hydrogen-bond acceptors (Lipinski definition) is 15. The van der Waals surface area contributed by atoms with E-state index in [4.69, 9.17) is 44.0 Å². The molecule has 0 radical (unpaired) electrons. The fourth-order valence-corrected chi connectivity index (χ4v) is 7.65. The number of aliphatic carboxylic acids is 1. The summed E-state index contributed by atoms with van der Waals surface area (Å²) in [4.78, 5) is 74.8. The number of nitrogens with two attached hydrogens (primary N) is 4. The standard InChI is InChI=1S/C47H60ClN9O11/c1-23-42(61)56-35(46(65)66)15-24-6-11-36(67-21-28(58)19-50)30(14-24)31-16-26(17-37(40(31)60)68-22-29(59)20-51)39(44(63)53-23)57(5)45(64)33(12-13-49)55-43(62)38-32(52)18-34(54-41(38)48)25-7-9-27(10-8-25)47(2,3)4/h6-11,14,16-18,23,28-29,33,35,39,58-60H,12-13,15,19-22,49-51H2,1-5H3,(H2,52,54)(H,53,63)(H,55,62)(H,56,61)(H,65,66)/t23-,28+,29+,33-,35-,39-/m0/s1. The van der Waals surface area contributed by atoms with Gasteiger partial charge in [0.1, 0.15) is 60.5 Å². The highest BCUT2D eigenvalue weighted by molar-refractivity contribution is 6.33. The maximum atomic E-state index is 14.7. The lowest BCUT2D eigenvalue weighted by Crippen LogP contribution is -2.55. The summed E-state index contributed by atoms with van der Waals surface area (Å²) in [7, 11) is 1.26. The maximum absolute atomic E-state index is 14.7. The van der Waals surface area contributed by atoms with Crippen molar-refractivity contribution in [3.05, 3.63) is 88.1 Å². The second-order valence-electron chi connectivity index (χ2n) is 17.5. The van der Waals surface area contributed by atoms with E-state index in [9.17, 15) is 44.4 Å². The lowest BCUT2D eigenvalue weighted by molar-refractivity contribution is -0.143. The molecule has 5 rings (SSSR count). The SMILES string of the molecule is C[C@@H]1NC(=O)[C@@H](N(C)C(=O)[C@H](CCN)NC(=O)c2c(N)cc(-c3ccc(C(C)(C)C)cc3)nc2Cl)c2cc(OC[C@H](O)CN)c(O)c(c2)-c2cc(ccc2OC[C@H](O)CN)C[C@@H](C(=O)O)NC1=O. The molecule has 0 unspecified atom stereocenters. The number of carbonyl (C=O) groups excluding carboxylic acids is 4. The molecule has 15 N–H and O–H groups in total. The summed E-state index contributed by atoms with van der Waals surface area (Å²) >= 11 is 6.61. The van der Waals surface area contributed by atoms with Crippen molar-refractivity contribution >= 4 is 46.9 Å². The Morgan fingerprint density at radius 1 is 0.912 bits per heavy atom. The number of phenolic OH excluding ortho intramolecular Hbond substituents is 1. The van der Waals surface area contributed by atoms with E-state index in [1.807, 2.05) is 24.3 Å². The summed E-state index contributed by atoms with van der Waals surface area (Å²) in [6.07, 6.45) is -2.73. The number of fused-ring (bicyclic) bond motifs is 5. The van der Waals surface area contributed by atoms with Crippen LogP contribution in [-0.2, 0) is 31.0 Å². The molecule has 366 valence electrons. The number of rotatable bonds is 16. The number of aromatic hydroxyl groups is 1. The number of phenols is 1. The third kappa shape index (κ3) is 12.5. The Kier molecular flexibility index (Phi) is 17.3. The fourth-order valence-electron chi connectivity index (χ4n) is 7.37. The van der Waals surface area contributed by atoms with Crippen molar-refractivity contribution in [1.82, 2.24) is 25.8 Å². The number of hydrogen-bond donors (Lipinski definition) is 11. The smallest absolute Gasteiger partial charge is 0.326 e. The minimum Gasteiger partial charge on any atom is -0.504 e. The Morgan fingerprint density at radius 2 is 1.54 bits per heavy atom. The largest absolute Gasteiger partial charge is 0.504 e. The number of benzene rings is 3. The first kappa shape index (κ1) is 52.4. The maximum Gasteiger partial charge on any atom is 0.326 e. The van der Waals surface area contributed by atoms with Gasteiger partial charge in [-0.1, -0.05) is 62.7 Å². The van der Waals surface area contributed by atoms with Gasteiger partial charge in [-0.2, -0.15) is 0 Å². The van der Waals surface area contributed by atoms with Crippen LogP contribution in [0.1, 0.15) is 67.2 Å². The number of anilines is 1. The average molecular weight is 963 g/mol. The van der Waals surface area contributed by atoms with Gasteiger partial charge in [-0.05, 0) is 72.3 Å². The lowest BCUT2D eigenvalue weighted by atomic mass is 9.86. The summed E-state index contributed by atoms with van der Waals surface area (Å²) in [5, 5.41) is 50.0. The molecular formula is C47H60ClN9O11. The highest BCUT2D eigenvalue weighted by Crippen LogP contribution is 2.45. The van der Waals surface area contributed by atoms with Crippen LogP contribution in [-0.4, -0.2) is 130 Å². The molecule has 6 atom stereocenters. The van der Waals surface area contributed by atoms with E-state index in [0.29, 0.717) is 16.8 Å². The van der Waals surface area contributed by atoms with Crippen molar-refractivity contribution in [3.8, 4) is 39.6 Å². The van der Waals surface area contributed by atoms with Crippen molar-refractivity contribution < 1.29 is 53.9 Å². The van der Waals surface area contributed by atoms with Crippen LogP contribution in [0.2, 0.25) is 5.15 Å². The van der Waals surface area contributed by atoms with Gasteiger partial charge in [-0.15, -0.1) is 0 Å². The van der Waals surface area contributed by atoms with Crippen molar-refractivity contribution in [1.29, 1.82) is 0 Å². The first-order chi connectivity index (χ1) is 32.1. The first-order valence-electron chi connectivity index (χ1n) is 21.8. The average Bonchev–Trinajstić information content (AvgIpc) is 3.29. The van der Waals surface area contributed by atoms with Crippen LogP contribution in [0.4, 0.5) is 5.69 Å². The topological polar surface area (TPSA) is 341 Å². The van der Waals surface area contributed by atoms with Crippen LogP contribution in [0.15, 0.2) is 60.7 Å². The van der Waals surface area contributed by atoms with E-state index >= 15 is 0 Å². The zero-order chi connectivity index (χ0) is 50.2. The molecule has 4 bridgehead atoms. The zero-order valence-electron chi connectivity index (χ0n) is 38.4. The van der Waals surface area contributed by atoms with Crippen LogP contribution < -0.4 is 48.4 Å². The molecule has 1 aliphatic rings. The molecule has 3 aromatic carbocycles. The number of carbonyl (C=O) groups is 5. The van der Waals surface area contributed by atoms with E-state index in [2.05, 4.69) is 41.7 Å². The molecule has 1 aromatic heterocycles. The predicted molar refractivity (Wildman–Crippen MR) is 254 cm³/mol. The number of aliphatic hydroxyl groups is 2. The van der Waals surface area contributed by atoms with Gasteiger partial charge in [0.15, 0.2) is 11.5 Å². The monoisotopic (exact) mass is 961 g/mol. The summed E-state index contributed by atoms with van der Waals surface area (Å²) in [5.41, 5.74) is 25.8. The van der Waals surface area contributed by atoms with E-state index in [1.165, 1.54) is 50.4 Å². The van der Waals surface area contributed by atoms with Gasteiger partial charge in [0.25, 0.3) is 5.91 Å². The van der Waals surface area contributed by atoms with E-state index in [0.717, 1.165) is 10.5 Å². The van der Waals surface area contributed by atoms with E-state index in [-0.39, 0.29) is 89.1 Å². The highest BCUT2D eigenvalue weighted by atomic mass is 35.5. The van der Waals surface area contributed by atoms with Gasteiger partial charge in [-0.3, -0.25) is 19.2 Å². The lowest BCUT2D eigenvalue weighted by Gasteiger charge is -2.33. The van der Waals surface area contributed by atoms with Crippen LogP contribution in [0.3, 0.4) is 0 Å². The first-order valence-corrected chi connectivity index (χ1v) is 22.2. The molecule has 4 amide bonds. The van der Waals surface area contributed by atoms with Gasteiger partial charge in [0, 0.05) is 48.9 Å². The quantitative estimate of drug-likeness (QED) is 0.0706. The number of nitrogens with one attached hydrogen (secondary N) is 3. The summed E-state index contributed by atoms with van der Waals surface area (Å²) in [6, 6.07) is 10.2. The van der Waals surface area contributed by atoms with Gasteiger partial charge in [0.05, 0.1) is 11.3 Å². The Labute approximate surface area is 398 Å². The minimum atomic E-state index is -1.69. The molecule has 20 nitrogen and oxygen atoms in total. The summed E-state index contributed by atoms with van der Waals surface area (Å²) in [6.45, 7) is 6.31. The number of amides is 4. The molecular weight excluding hydrogens is 902 g/mol. The molecule has 0 fully saturated rings. The second kappa shape index (κ2) is 22.5. The van der Waals surface area contributed by atoms with Crippen LogP contribution >= 0.6 is 11.6 Å². The van der Waals surface area contributed by atoms with Crippen molar-refractivity contribution in [2.75, 3.05) is 45.6 Å². The van der Waals surface area contributed by atoms with Crippen LogP contribution in [0, 0.1) is 0 Å². The fraction of sp³-hybridized carbons (Fsp3) is 0.404. The van der Waals surface area contributed by atoms with Gasteiger partial charge in [0.2, 0.25) is 17.7 Å². The van der Waals surface area contributed by atoms with Crippen LogP contribution in [0.25, 0.3) is 22.4 Å². The van der Waals surface area contributed by atoms with Crippen molar-refractivity contribution in [2.45, 2.75) is 82.3 Å². The highest BCUT2D eigenvalue weighted by Gasteiger charge is 2.37. The zero-order valence-corrected chi connectivity index (χ0v) is 39.2. The number of aliphatic hydroxyl groups excluding tert-OH is 2. The molecule has 68 heavy (non-hydrogen) atoms. The summed E-state index contributed by atoms with van der Waals surface area (Å²) < 4.78 is 11.8. The Hall–Kier alpha value is -6.55. The number of aromatic nitrogens is 1. The number of carboxylic acid groups (broad SMARTS) is 1. The number of pyridine rings is 1.